The first kappa shape index (κ1) is 14.0. The number of hydrogen-bond acceptors (Lipinski definition) is 2. The Labute approximate surface area is 117 Å². The van der Waals surface area contributed by atoms with Crippen LogP contribution in [-0.2, 0) is 0 Å². The van der Waals surface area contributed by atoms with E-state index in [1.54, 1.807) is 0 Å². The van der Waals surface area contributed by atoms with E-state index in [0.717, 1.165) is 0 Å². The Morgan fingerprint density at radius 3 is 2.78 bits per heavy atom. The van der Waals surface area contributed by atoms with Crippen LogP contribution in [0.4, 0.5) is 0 Å². The second kappa shape index (κ2) is 5.27. The van der Waals surface area contributed by atoms with Crippen molar-refractivity contribution in [1.29, 1.82) is 0 Å². The summed E-state index contributed by atoms with van der Waals surface area (Å²) < 4.78 is 0. The van der Waals surface area contributed by atoms with Crippen molar-refractivity contribution in [1.82, 2.24) is 0 Å². The molecule has 2 aliphatic rings. The average molecular weight is 263 g/mol. The Morgan fingerprint density at radius 1 is 1.44 bits per heavy atom. The van der Waals surface area contributed by atoms with Gasteiger partial charge in [-0.15, -0.1) is 0 Å². The Balaban J connectivity index is 2.36. The van der Waals surface area contributed by atoms with Gasteiger partial charge < -0.3 is 0 Å². The molecule has 2 aliphatic carbocycles. The van der Waals surface area contributed by atoms with Gasteiger partial charge in [0.2, 0.25) is 0 Å². The summed E-state index contributed by atoms with van der Waals surface area (Å²) in [4.78, 5) is 4.57. The summed E-state index contributed by atoms with van der Waals surface area (Å²) in [7, 11) is 0. The zero-order chi connectivity index (χ0) is 13.3. The van der Waals surface area contributed by atoms with Gasteiger partial charge >= 0.3 is 0 Å². The monoisotopic (exact) mass is 263 g/mol. The fourth-order valence-corrected chi connectivity index (χ4v) is 4.45. The molecule has 0 N–H and O–H groups in total. The molecule has 1 nitrogen and oxygen atoms in total. The third-order valence-electron chi connectivity index (χ3n) is 5.32. The van der Waals surface area contributed by atoms with Crippen LogP contribution in [0.25, 0.3) is 0 Å². The summed E-state index contributed by atoms with van der Waals surface area (Å²) in [5.74, 6) is 1.85. The van der Waals surface area contributed by atoms with Crippen LogP contribution < -0.4 is 0 Å². The molecule has 4 atom stereocenters. The molecule has 0 amide bonds. The molecule has 2 rings (SSSR count). The van der Waals surface area contributed by atoms with Crippen LogP contribution in [0.5, 0.6) is 0 Å². The van der Waals surface area contributed by atoms with E-state index < -0.39 is 0 Å². The van der Waals surface area contributed by atoms with Gasteiger partial charge in [-0.3, -0.25) is 0 Å². The number of aliphatic imine (C=N–C) groups is 1. The summed E-state index contributed by atoms with van der Waals surface area (Å²) in [6, 6.07) is 0.328. The highest BCUT2D eigenvalue weighted by Crippen LogP contribution is 2.55. The molecule has 2 saturated carbocycles. The molecular weight excluding hydrogens is 238 g/mol. The minimum Gasteiger partial charge on any atom is -0.228 e. The van der Waals surface area contributed by atoms with Crippen LogP contribution in [0.3, 0.4) is 0 Å². The lowest BCUT2D eigenvalue weighted by Gasteiger charge is -2.52. The average Bonchev–Trinajstić information content (AvgIpc) is 2.28. The van der Waals surface area contributed by atoms with E-state index in [-0.39, 0.29) is 0 Å². The fourth-order valence-electron chi connectivity index (χ4n) is 4.33. The summed E-state index contributed by atoms with van der Waals surface area (Å²) in [5.41, 5.74) is 1.81. The summed E-state index contributed by atoms with van der Waals surface area (Å²) in [6.45, 7) is 11.4. The minimum atomic E-state index is 0.328. The molecule has 0 spiro atoms. The van der Waals surface area contributed by atoms with Gasteiger partial charge in [-0.25, -0.2) is 4.99 Å². The van der Waals surface area contributed by atoms with Gasteiger partial charge in [0.05, 0.1) is 11.2 Å². The van der Waals surface area contributed by atoms with Crippen molar-refractivity contribution < 1.29 is 0 Å². The van der Waals surface area contributed by atoms with Crippen LogP contribution in [0, 0.1) is 23.2 Å². The molecular formula is C16H25NS. The van der Waals surface area contributed by atoms with Crippen molar-refractivity contribution in [2.75, 3.05) is 0 Å². The minimum absolute atomic E-state index is 0.328. The van der Waals surface area contributed by atoms with Crippen molar-refractivity contribution in [2.45, 2.75) is 58.9 Å². The normalized spacial score (nSPS) is 40.2. The molecule has 2 heteroatoms. The summed E-state index contributed by atoms with van der Waals surface area (Å²) in [6.07, 6.45) is 6.40. The van der Waals surface area contributed by atoms with Crippen LogP contribution in [-0.4, -0.2) is 11.2 Å². The number of hydrogen-bond donors (Lipinski definition) is 0. The van der Waals surface area contributed by atoms with Gasteiger partial charge in [-0.1, -0.05) is 32.9 Å². The van der Waals surface area contributed by atoms with Crippen LogP contribution in [0.1, 0.15) is 52.9 Å². The summed E-state index contributed by atoms with van der Waals surface area (Å²) in [5, 5.41) is 2.66. The van der Waals surface area contributed by atoms with E-state index >= 15 is 0 Å². The quantitative estimate of drug-likeness (QED) is 0.393. The number of thiocarbonyl (C=S) groups is 1. The number of rotatable bonds is 2. The lowest BCUT2D eigenvalue weighted by Crippen LogP contribution is -2.48. The lowest BCUT2D eigenvalue weighted by atomic mass is 9.54. The Morgan fingerprint density at radius 2 is 2.17 bits per heavy atom. The maximum Gasteiger partial charge on any atom is 0.0703 e. The first-order valence-electron chi connectivity index (χ1n) is 7.24. The van der Waals surface area contributed by atoms with Gasteiger partial charge in [-0.05, 0) is 61.6 Å². The largest absolute Gasteiger partial charge is 0.228 e. The fraction of sp³-hybridized carbons (Fsp3) is 0.812. The molecule has 2 fully saturated rings. The standard InChI is InChI=1S/C16H25NS/c1-11(2)13-7-9-16(4)8-5-6-12(3)14(16)15(13)17-10-18/h11,13-15H,3,5-9H2,1-2,4H3. The van der Waals surface area contributed by atoms with Gasteiger partial charge in [0.15, 0.2) is 0 Å². The molecule has 0 aliphatic heterocycles. The van der Waals surface area contributed by atoms with E-state index in [4.69, 9.17) is 12.2 Å². The molecule has 4 unspecified atom stereocenters. The van der Waals surface area contributed by atoms with Crippen molar-refractivity contribution in [3.05, 3.63) is 12.2 Å². The van der Waals surface area contributed by atoms with Crippen LogP contribution >= 0.6 is 12.2 Å². The number of fused-ring (bicyclic) bond motifs is 1. The highest BCUT2D eigenvalue weighted by atomic mass is 32.1. The maximum atomic E-state index is 4.89. The Bertz CT molecular complexity index is 381. The molecule has 0 bridgehead atoms. The van der Waals surface area contributed by atoms with E-state index in [9.17, 15) is 0 Å². The molecule has 0 heterocycles. The smallest absolute Gasteiger partial charge is 0.0703 e. The SMILES string of the molecule is C=C1CCCC2(C)CCC(C(C)C)C(N=C=S)C12. The van der Waals surface area contributed by atoms with Gasteiger partial charge in [0.1, 0.15) is 0 Å². The van der Waals surface area contributed by atoms with E-state index in [1.165, 1.54) is 37.7 Å². The predicted octanol–water partition coefficient (Wildman–Crippen LogP) is 4.89. The van der Waals surface area contributed by atoms with Crippen molar-refractivity contribution >= 4 is 17.4 Å². The van der Waals surface area contributed by atoms with Crippen molar-refractivity contribution in [3.63, 3.8) is 0 Å². The molecule has 18 heavy (non-hydrogen) atoms. The second-order valence-corrected chi connectivity index (χ2v) is 6.98. The van der Waals surface area contributed by atoms with Gasteiger partial charge in [-0.2, -0.15) is 0 Å². The molecule has 0 aromatic rings. The zero-order valence-electron chi connectivity index (χ0n) is 11.9. The third-order valence-corrected chi connectivity index (χ3v) is 5.43. The lowest BCUT2D eigenvalue weighted by molar-refractivity contribution is 0.0384. The summed E-state index contributed by atoms with van der Waals surface area (Å²) >= 11 is 4.89. The molecule has 0 aromatic heterocycles. The maximum absolute atomic E-state index is 4.89. The topological polar surface area (TPSA) is 12.4 Å². The first-order valence-corrected chi connectivity index (χ1v) is 7.65. The molecule has 0 radical (unpaired) electrons. The van der Waals surface area contributed by atoms with E-state index in [0.29, 0.717) is 29.2 Å². The highest BCUT2D eigenvalue weighted by molar-refractivity contribution is 7.78. The number of nitrogens with zero attached hydrogens (tertiary/aromatic N) is 1. The highest BCUT2D eigenvalue weighted by Gasteiger charge is 2.49. The zero-order valence-corrected chi connectivity index (χ0v) is 12.7. The molecule has 0 aromatic carbocycles. The molecule has 100 valence electrons. The van der Waals surface area contributed by atoms with E-state index in [2.05, 4.69) is 37.5 Å². The second-order valence-electron chi connectivity index (χ2n) is 6.80. The Hall–Kier alpha value is -0.460. The first-order chi connectivity index (χ1) is 8.49. The Kier molecular flexibility index (Phi) is 4.08. The van der Waals surface area contributed by atoms with Gasteiger partial charge in [0.25, 0.3) is 0 Å². The molecule has 0 saturated heterocycles. The van der Waals surface area contributed by atoms with E-state index in [1.807, 2.05) is 0 Å². The van der Waals surface area contributed by atoms with Crippen LogP contribution in [0.2, 0.25) is 0 Å². The number of isothiocyanates is 1. The van der Waals surface area contributed by atoms with Crippen molar-refractivity contribution in [2.24, 2.45) is 28.2 Å². The third kappa shape index (κ3) is 2.33. The van der Waals surface area contributed by atoms with Crippen LogP contribution in [0.15, 0.2) is 17.1 Å². The predicted molar refractivity (Wildman–Crippen MR) is 81.0 cm³/mol. The van der Waals surface area contributed by atoms with Gasteiger partial charge in [0, 0.05) is 5.92 Å². The van der Waals surface area contributed by atoms with Crippen molar-refractivity contribution in [3.8, 4) is 0 Å².